The van der Waals surface area contributed by atoms with Gasteiger partial charge in [0.05, 0.1) is 12.0 Å². The Morgan fingerprint density at radius 3 is 2.90 bits per heavy atom. The Morgan fingerprint density at radius 2 is 2.15 bits per heavy atom. The number of carbonyl (C=O) groups excluding carboxylic acids is 1. The molecule has 0 aliphatic carbocycles. The zero-order valence-electron chi connectivity index (χ0n) is 10.8. The molecule has 1 aliphatic rings. The molecule has 2 aromatic rings. The maximum Gasteiger partial charge on any atom is 0.337 e. The highest BCUT2D eigenvalue weighted by Crippen LogP contribution is 2.32. The van der Waals surface area contributed by atoms with Crippen LogP contribution in [0.4, 0.5) is 5.69 Å². The summed E-state index contributed by atoms with van der Waals surface area (Å²) in [5.74, 6) is -0.966. The van der Waals surface area contributed by atoms with Crippen molar-refractivity contribution in [3.63, 3.8) is 0 Å². The van der Waals surface area contributed by atoms with E-state index in [0.29, 0.717) is 12.0 Å². The first-order chi connectivity index (χ1) is 9.58. The Labute approximate surface area is 115 Å². The molecule has 0 unspecified atom stereocenters. The van der Waals surface area contributed by atoms with Crippen LogP contribution in [0, 0.1) is 0 Å². The molecule has 0 fully saturated rings. The van der Waals surface area contributed by atoms with Gasteiger partial charge in [-0.15, -0.1) is 0 Å². The van der Waals surface area contributed by atoms with E-state index >= 15 is 0 Å². The van der Waals surface area contributed by atoms with Crippen LogP contribution < -0.4 is 4.90 Å². The zero-order chi connectivity index (χ0) is 14.3. The number of fused-ring (bicyclic) bond motifs is 1. The number of hydrogen-bond donors (Lipinski definition) is 1. The van der Waals surface area contributed by atoms with E-state index in [1.54, 1.807) is 24.2 Å². The standard InChI is InChI=1S/C15H12N2O3/c1-17-13-3-2-9(6-10(13)7-14(17)18)11-4-5-16-8-12(11)15(19)20/h2-6,8H,7H2,1H3,(H,19,20). The molecule has 3 rings (SSSR count). The summed E-state index contributed by atoms with van der Waals surface area (Å²) >= 11 is 0. The fourth-order valence-corrected chi connectivity index (χ4v) is 2.45. The van der Waals surface area contributed by atoms with Crippen LogP contribution in [0.15, 0.2) is 36.7 Å². The van der Waals surface area contributed by atoms with Crippen molar-refractivity contribution < 1.29 is 14.7 Å². The summed E-state index contributed by atoms with van der Waals surface area (Å²) < 4.78 is 0. The predicted octanol–water partition coefficient (Wildman–Crippen LogP) is 1.97. The minimum absolute atomic E-state index is 0.0466. The molecule has 1 N–H and O–H groups in total. The van der Waals surface area contributed by atoms with Crippen molar-refractivity contribution in [3.05, 3.63) is 47.8 Å². The highest BCUT2D eigenvalue weighted by molar-refractivity contribution is 6.02. The number of anilines is 1. The summed E-state index contributed by atoms with van der Waals surface area (Å²) in [6.07, 6.45) is 3.25. The largest absolute Gasteiger partial charge is 0.478 e. The number of carboxylic acid groups (broad SMARTS) is 1. The van der Waals surface area contributed by atoms with Crippen LogP contribution in [0.25, 0.3) is 11.1 Å². The Balaban J connectivity index is 2.12. The summed E-state index contributed by atoms with van der Waals surface area (Å²) in [6.45, 7) is 0. The van der Waals surface area contributed by atoms with Crippen molar-refractivity contribution in [2.24, 2.45) is 0 Å². The molecule has 0 atom stereocenters. The SMILES string of the molecule is CN1C(=O)Cc2cc(-c3ccncc3C(=O)O)ccc21. The maximum atomic E-state index is 11.7. The summed E-state index contributed by atoms with van der Waals surface area (Å²) in [4.78, 5) is 28.4. The minimum atomic E-state index is -1.01. The third-order valence-electron chi connectivity index (χ3n) is 3.52. The van der Waals surface area contributed by atoms with Crippen LogP contribution in [-0.2, 0) is 11.2 Å². The van der Waals surface area contributed by atoms with Crippen LogP contribution in [0.3, 0.4) is 0 Å². The molecule has 100 valence electrons. The Bertz CT molecular complexity index is 725. The van der Waals surface area contributed by atoms with Crippen molar-refractivity contribution in [2.45, 2.75) is 6.42 Å². The Kier molecular flexibility index (Phi) is 2.75. The van der Waals surface area contributed by atoms with Crippen LogP contribution >= 0.6 is 0 Å². The highest BCUT2D eigenvalue weighted by Gasteiger charge is 2.24. The normalized spacial score (nSPS) is 13.4. The second-order valence-electron chi connectivity index (χ2n) is 4.70. The zero-order valence-corrected chi connectivity index (χ0v) is 10.8. The quantitative estimate of drug-likeness (QED) is 0.904. The summed E-state index contributed by atoms with van der Waals surface area (Å²) in [5, 5.41) is 9.20. The number of aromatic nitrogens is 1. The van der Waals surface area contributed by atoms with E-state index in [1.165, 1.54) is 6.20 Å². The van der Waals surface area contributed by atoms with Crippen LogP contribution in [0.1, 0.15) is 15.9 Å². The van der Waals surface area contributed by atoms with E-state index in [4.69, 9.17) is 0 Å². The minimum Gasteiger partial charge on any atom is -0.478 e. The number of nitrogens with zero attached hydrogens (tertiary/aromatic N) is 2. The van der Waals surface area contributed by atoms with Gasteiger partial charge in [0.15, 0.2) is 0 Å². The number of carbonyl (C=O) groups is 2. The van der Waals surface area contributed by atoms with Gasteiger partial charge >= 0.3 is 5.97 Å². The summed E-state index contributed by atoms with van der Waals surface area (Å²) in [5.41, 5.74) is 3.35. The average Bonchev–Trinajstić information content (AvgIpc) is 2.73. The lowest BCUT2D eigenvalue weighted by Gasteiger charge is -2.11. The van der Waals surface area contributed by atoms with E-state index < -0.39 is 5.97 Å². The summed E-state index contributed by atoms with van der Waals surface area (Å²) in [7, 11) is 1.74. The maximum absolute atomic E-state index is 11.7. The lowest BCUT2D eigenvalue weighted by Crippen LogP contribution is -2.20. The van der Waals surface area contributed by atoms with Crippen molar-refractivity contribution in [1.29, 1.82) is 0 Å². The van der Waals surface area contributed by atoms with Crippen molar-refractivity contribution in [3.8, 4) is 11.1 Å². The monoisotopic (exact) mass is 268 g/mol. The lowest BCUT2D eigenvalue weighted by atomic mass is 9.99. The van der Waals surface area contributed by atoms with Gasteiger partial charge in [-0.2, -0.15) is 0 Å². The fourth-order valence-electron chi connectivity index (χ4n) is 2.45. The first-order valence-corrected chi connectivity index (χ1v) is 6.15. The van der Waals surface area contributed by atoms with Gasteiger partial charge < -0.3 is 10.0 Å². The Morgan fingerprint density at radius 1 is 1.35 bits per heavy atom. The number of hydrogen-bond acceptors (Lipinski definition) is 3. The second-order valence-corrected chi connectivity index (χ2v) is 4.70. The molecule has 5 heteroatoms. The van der Waals surface area contributed by atoms with Gasteiger partial charge in [-0.05, 0) is 34.9 Å². The van der Waals surface area contributed by atoms with Crippen molar-refractivity contribution in [1.82, 2.24) is 4.98 Å². The second kappa shape index (κ2) is 4.45. The molecular formula is C15H12N2O3. The van der Waals surface area contributed by atoms with E-state index in [9.17, 15) is 14.7 Å². The van der Waals surface area contributed by atoms with Crippen molar-refractivity contribution in [2.75, 3.05) is 11.9 Å². The molecule has 1 aromatic carbocycles. The van der Waals surface area contributed by atoms with Gasteiger partial charge in [-0.1, -0.05) is 6.07 Å². The Hall–Kier alpha value is -2.69. The average molecular weight is 268 g/mol. The first kappa shape index (κ1) is 12.3. The number of rotatable bonds is 2. The molecule has 0 radical (unpaired) electrons. The van der Waals surface area contributed by atoms with Gasteiger partial charge in [-0.25, -0.2) is 4.79 Å². The van der Waals surface area contributed by atoms with Gasteiger partial charge in [0.25, 0.3) is 0 Å². The number of pyridine rings is 1. The van der Waals surface area contributed by atoms with Gasteiger partial charge in [0.1, 0.15) is 0 Å². The molecule has 20 heavy (non-hydrogen) atoms. The highest BCUT2D eigenvalue weighted by atomic mass is 16.4. The topological polar surface area (TPSA) is 70.5 Å². The first-order valence-electron chi connectivity index (χ1n) is 6.15. The number of aromatic carboxylic acids is 1. The van der Waals surface area contributed by atoms with Gasteiger partial charge in [0.2, 0.25) is 5.91 Å². The molecular weight excluding hydrogens is 256 g/mol. The van der Waals surface area contributed by atoms with Crippen LogP contribution in [0.5, 0.6) is 0 Å². The van der Waals surface area contributed by atoms with E-state index in [-0.39, 0.29) is 11.5 Å². The molecule has 1 aromatic heterocycles. The van der Waals surface area contributed by atoms with E-state index in [2.05, 4.69) is 4.98 Å². The third-order valence-corrected chi connectivity index (χ3v) is 3.52. The molecule has 2 heterocycles. The van der Waals surface area contributed by atoms with Gasteiger partial charge in [0, 0.05) is 25.1 Å². The molecule has 5 nitrogen and oxygen atoms in total. The third kappa shape index (κ3) is 1.84. The lowest BCUT2D eigenvalue weighted by molar-refractivity contribution is -0.117. The van der Waals surface area contributed by atoms with Crippen molar-refractivity contribution >= 4 is 17.6 Å². The van der Waals surface area contributed by atoms with Gasteiger partial charge in [-0.3, -0.25) is 9.78 Å². The molecule has 0 spiro atoms. The van der Waals surface area contributed by atoms with Crippen LogP contribution in [0.2, 0.25) is 0 Å². The number of benzene rings is 1. The number of likely N-dealkylation sites (N-methyl/N-ethyl adjacent to an activating group) is 1. The molecule has 0 saturated heterocycles. The fraction of sp³-hybridized carbons (Fsp3) is 0.133. The number of carboxylic acids is 1. The summed E-state index contributed by atoms with van der Waals surface area (Å²) in [6, 6.07) is 7.22. The number of amides is 1. The van der Waals surface area contributed by atoms with E-state index in [1.807, 2.05) is 18.2 Å². The molecule has 1 aliphatic heterocycles. The molecule has 1 amide bonds. The smallest absolute Gasteiger partial charge is 0.337 e. The van der Waals surface area contributed by atoms with Crippen LogP contribution in [-0.4, -0.2) is 29.0 Å². The molecule has 0 saturated carbocycles. The van der Waals surface area contributed by atoms with E-state index in [0.717, 1.165) is 16.8 Å². The predicted molar refractivity (Wildman–Crippen MR) is 73.7 cm³/mol. The molecule has 0 bridgehead atoms.